The molecule has 6 heteroatoms. The van der Waals surface area contributed by atoms with Gasteiger partial charge in [-0.1, -0.05) is 53.7 Å². The number of hydrogen-bond acceptors (Lipinski definition) is 4. The van der Waals surface area contributed by atoms with E-state index in [0.717, 1.165) is 26.4 Å². The van der Waals surface area contributed by atoms with Gasteiger partial charge in [0, 0.05) is 0 Å². The fourth-order valence-corrected chi connectivity index (χ4v) is 6.07. The number of rotatable bonds is 6. The molecule has 0 saturated carbocycles. The summed E-state index contributed by atoms with van der Waals surface area (Å²) in [6.45, 7) is 14.4. The van der Waals surface area contributed by atoms with Crippen molar-refractivity contribution >= 4 is 37.3 Å². The molecule has 156 valence electrons. The van der Waals surface area contributed by atoms with Crippen LogP contribution in [0.4, 0.5) is 5.69 Å². The minimum atomic E-state index is -3.74. The minimum absolute atomic E-state index is 0.0986. The largest absolute Gasteiger partial charge is 0.280 e. The van der Waals surface area contributed by atoms with Crippen LogP contribution in [0.5, 0.6) is 0 Å². The number of aromatic nitrogens is 1. The van der Waals surface area contributed by atoms with Gasteiger partial charge in [-0.25, -0.2) is 13.4 Å². The van der Waals surface area contributed by atoms with Crippen molar-refractivity contribution in [3.8, 4) is 0 Å². The molecule has 1 aromatic heterocycles. The van der Waals surface area contributed by atoms with Gasteiger partial charge in [0.05, 0.1) is 25.8 Å². The zero-order chi connectivity index (χ0) is 21.5. The van der Waals surface area contributed by atoms with Crippen molar-refractivity contribution < 1.29 is 8.42 Å². The lowest BCUT2D eigenvalue weighted by Gasteiger charge is -2.23. The second kappa shape index (κ2) is 8.07. The first-order valence-electron chi connectivity index (χ1n) is 10.1. The van der Waals surface area contributed by atoms with E-state index in [4.69, 9.17) is 0 Å². The molecule has 0 saturated heterocycles. The summed E-state index contributed by atoms with van der Waals surface area (Å²) >= 11 is 1.60. The van der Waals surface area contributed by atoms with Gasteiger partial charge in [0.15, 0.2) is 0 Å². The standard InChI is InChI=1S/C23H30N2O2S2/c1-13(2)17-10-19(14(3)4)23(20(11-17)15(5)6)29(26,27)25-18-8-9-22-21(12-18)24-16(7)28-22/h8-15,25H,1-7H3. The molecule has 1 N–H and O–H groups in total. The van der Waals surface area contributed by atoms with Gasteiger partial charge in [0.2, 0.25) is 0 Å². The zero-order valence-corrected chi connectivity index (χ0v) is 19.8. The zero-order valence-electron chi connectivity index (χ0n) is 18.2. The van der Waals surface area contributed by atoms with E-state index in [1.165, 1.54) is 5.56 Å². The molecule has 0 radical (unpaired) electrons. The molecular weight excluding hydrogens is 400 g/mol. The van der Waals surface area contributed by atoms with Crippen LogP contribution in [0.15, 0.2) is 35.2 Å². The summed E-state index contributed by atoms with van der Waals surface area (Å²) < 4.78 is 31.0. The molecule has 2 aromatic carbocycles. The van der Waals surface area contributed by atoms with Crippen molar-refractivity contribution in [2.24, 2.45) is 0 Å². The smallest absolute Gasteiger partial charge is 0.262 e. The van der Waals surface area contributed by atoms with Gasteiger partial charge in [0.25, 0.3) is 10.0 Å². The fraction of sp³-hybridized carbons (Fsp3) is 0.435. The van der Waals surface area contributed by atoms with Crippen molar-refractivity contribution in [2.75, 3.05) is 4.72 Å². The Kier molecular flexibility index (Phi) is 6.06. The van der Waals surface area contributed by atoms with E-state index in [9.17, 15) is 8.42 Å². The summed E-state index contributed by atoms with van der Waals surface area (Å²) in [5.41, 5.74) is 4.28. The number of thiazole rings is 1. The molecule has 0 unspecified atom stereocenters. The lowest BCUT2D eigenvalue weighted by Crippen LogP contribution is -2.19. The van der Waals surface area contributed by atoms with E-state index < -0.39 is 10.0 Å². The summed E-state index contributed by atoms with van der Waals surface area (Å²) in [7, 11) is -3.74. The first-order valence-corrected chi connectivity index (χ1v) is 12.4. The number of sulfonamides is 1. The molecule has 29 heavy (non-hydrogen) atoms. The predicted molar refractivity (Wildman–Crippen MR) is 124 cm³/mol. The van der Waals surface area contributed by atoms with Crippen molar-refractivity contribution in [1.29, 1.82) is 0 Å². The highest BCUT2D eigenvalue weighted by molar-refractivity contribution is 7.92. The number of benzene rings is 2. The molecule has 0 aliphatic carbocycles. The second-order valence-corrected chi connectivity index (χ2v) is 11.4. The van der Waals surface area contributed by atoms with E-state index in [1.54, 1.807) is 11.3 Å². The van der Waals surface area contributed by atoms with Crippen molar-refractivity contribution in [3.63, 3.8) is 0 Å². The van der Waals surface area contributed by atoms with Crippen LogP contribution < -0.4 is 4.72 Å². The minimum Gasteiger partial charge on any atom is -0.280 e. The van der Waals surface area contributed by atoms with Gasteiger partial charge in [0.1, 0.15) is 0 Å². The number of fused-ring (bicyclic) bond motifs is 1. The van der Waals surface area contributed by atoms with Crippen molar-refractivity contribution in [2.45, 2.75) is 71.1 Å². The maximum absolute atomic E-state index is 13.5. The summed E-state index contributed by atoms with van der Waals surface area (Å²) in [6, 6.07) is 9.66. The van der Waals surface area contributed by atoms with Gasteiger partial charge in [-0.15, -0.1) is 11.3 Å². The predicted octanol–water partition coefficient (Wildman–Crippen LogP) is 6.78. The van der Waals surface area contributed by atoms with Gasteiger partial charge in [-0.2, -0.15) is 0 Å². The van der Waals surface area contributed by atoms with Gasteiger partial charge in [-0.3, -0.25) is 4.72 Å². The SMILES string of the molecule is Cc1nc2cc(NS(=O)(=O)c3c(C(C)C)cc(C(C)C)cc3C(C)C)ccc2s1. The molecular formula is C23H30N2O2S2. The molecule has 0 spiro atoms. The molecule has 3 rings (SSSR count). The number of aryl methyl sites for hydroxylation is 1. The molecule has 0 amide bonds. The third-order valence-electron chi connectivity index (χ3n) is 5.09. The Morgan fingerprint density at radius 2 is 1.48 bits per heavy atom. The van der Waals surface area contributed by atoms with Gasteiger partial charge < -0.3 is 0 Å². The molecule has 4 nitrogen and oxygen atoms in total. The average Bonchev–Trinajstić information content (AvgIpc) is 2.99. The topological polar surface area (TPSA) is 59.1 Å². The Morgan fingerprint density at radius 3 is 2.00 bits per heavy atom. The van der Waals surface area contributed by atoms with Crippen LogP contribution in [0, 0.1) is 6.92 Å². The summed E-state index contributed by atoms with van der Waals surface area (Å²) in [6.07, 6.45) is 0. The van der Waals surface area contributed by atoms with Gasteiger partial charge >= 0.3 is 0 Å². The van der Waals surface area contributed by atoms with Crippen molar-refractivity contribution in [1.82, 2.24) is 4.98 Å². The second-order valence-electron chi connectivity index (χ2n) is 8.51. The van der Waals surface area contributed by atoms with Crippen LogP contribution in [0.25, 0.3) is 10.2 Å². The summed E-state index contributed by atoms with van der Waals surface area (Å²) in [5.74, 6) is 0.535. The Balaban J connectivity index is 2.15. The number of nitrogens with one attached hydrogen (secondary N) is 1. The first-order chi connectivity index (χ1) is 13.5. The highest BCUT2D eigenvalue weighted by atomic mass is 32.2. The molecule has 1 heterocycles. The third-order valence-corrected chi connectivity index (χ3v) is 7.56. The van der Waals surface area contributed by atoms with Crippen LogP contribution in [-0.2, 0) is 10.0 Å². The highest BCUT2D eigenvalue weighted by Gasteiger charge is 2.27. The monoisotopic (exact) mass is 430 g/mol. The van der Waals surface area contributed by atoms with E-state index in [2.05, 4.69) is 35.7 Å². The maximum atomic E-state index is 13.5. The maximum Gasteiger partial charge on any atom is 0.262 e. The van der Waals surface area contributed by atoms with Crippen molar-refractivity contribution in [3.05, 3.63) is 52.0 Å². The Hall–Kier alpha value is -1.92. The third kappa shape index (κ3) is 4.48. The van der Waals surface area contributed by atoms with Crippen LogP contribution in [0.3, 0.4) is 0 Å². The van der Waals surface area contributed by atoms with Crippen LogP contribution >= 0.6 is 11.3 Å². The molecule has 0 bridgehead atoms. The molecule has 0 fully saturated rings. The number of anilines is 1. The van der Waals surface area contributed by atoms with Crippen LogP contribution in [0.2, 0.25) is 0 Å². The van der Waals surface area contributed by atoms with E-state index in [0.29, 0.717) is 16.5 Å². The summed E-state index contributed by atoms with van der Waals surface area (Å²) in [5, 5.41) is 0.966. The van der Waals surface area contributed by atoms with Crippen LogP contribution in [-0.4, -0.2) is 13.4 Å². The lowest BCUT2D eigenvalue weighted by molar-refractivity contribution is 0.595. The van der Waals surface area contributed by atoms with Crippen LogP contribution in [0.1, 0.15) is 81.0 Å². The number of hydrogen-bond donors (Lipinski definition) is 1. The van der Waals surface area contributed by atoms with E-state index in [-0.39, 0.29) is 11.8 Å². The fourth-order valence-electron chi connectivity index (χ4n) is 3.51. The first kappa shape index (κ1) is 21.8. The Labute approximate surface area is 178 Å². The molecule has 0 aliphatic heterocycles. The lowest BCUT2D eigenvalue weighted by atomic mass is 9.89. The van der Waals surface area contributed by atoms with E-state index in [1.807, 2.05) is 52.8 Å². The quantitative estimate of drug-likeness (QED) is 0.469. The molecule has 0 aliphatic rings. The molecule has 0 atom stereocenters. The Morgan fingerprint density at radius 1 is 0.897 bits per heavy atom. The number of nitrogens with zero attached hydrogens (tertiary/aromatic N) is 1. The molecule has 3 aromatic rings. The normalized spacial score (nSPS) is 12.5. The van der Waals surface area contributed by atoms with Gasteiger partial charge in [-0.05, 0) is 59.6 Å². The average molecular weight is 431 g/mol. The Bertz CT molecular complexity index is 1110. The summed E-state index contributed by atoms with van der Waals surface area (Å²) in [4.78, 5) is 4.90. The van der Waals surface area contributed by atoms with E-state index >= 15 is 0 Å². The highest BCUT2D eigenvalue weighted by Crippen LogP contribution is 2.36.